The predicted octanol–water partition coefficient (Wildman–Crippen LogP) is 2.08. The predicted molar refractivity (Wildman–Crippen MR) is 77.8 cm³/mol. The second-order valence-electron chi connectivity index (χ2n) is 5.89. The Bertz CT molecular complexity index is 366. The first-order chi connectivity index (χ1) is 9.19. The third kappa shape index (κ3) is 4.25. The van der Waals surface area contributed by atoms with Crippen molar-refractivity contribution in [3.05, 3.63) is 24.3 Å². The summed E-state index contributed by atoms with van der Waals surface area (Å²) in [5.41, 5.74) is 0. The fraction of sp³-hybridized carbons (Fsp3) is 0.733. The van der Waals surface area contributed by atoms with Crippen LogP contribution in [0.4, 0.5) is 0 Å². The van der Waals surface area contributed by atoms with Gasteiger partial charge in [0.15, 0.2) is 0 Å². The fourth-order valence-electron chi connectivity index (χ4n) is 2.77. The van der Waals surface area contributed by atoms with Gasteiger partial charge in [0.1, 0.15) is 5.82 Å². The van der Waals surface area contributed by atoms with E-state index < -0.39 is 0 Å². The van der Waals surface area contributed by atoms with Crippen LogP contribution in [0.25, 0.3) is 0 Å². The lowest BCUT2D eigenvalue weighted by Gasteiger charge is -2.40. The molecule has 1 aromatic rings. The Morgan fingerprint density at radius 2 is 2.11 bits per heavy atom. The Morgan fingerprint density at radius 1 is 1.37 bits per heavy atom. The Kier molecular flexibility index (Phi) is 5.28. The van der Waals surface area contributed by atoms with E-state index in [2.05, 4.69) is 41.0 Å². The van der Waals surface area contributed by atoms with Gasteiger partial charge in [-0.05, 0) is 24.8 Å². The Balaban J connectivity index is 2.02. The fourth-order valence-corrected chi connectivity index (χ4v) is 2.77. The molecule has 0 amide bonds. The summed E-state index contributed by atoms with van der Waals surface area (Å²) in [5, 5.41) is 3.66. The molecule has 106 valence electrons. The molecule has 0 aromatic carbocycles. The van der Waals surface area contributed by atoms with Crippen molar-refractivity contribution in [2.24, 2.45) is 5.92 Å². The summed E-state index contributed by atoms with van der Waals surface area (Å²) in [7, 11) is 0. The van der Waals surface area contributed by atoms with Crippen LogP contribution in [-0.4, -0.2) is 40.0 Å². The molecule has 1 aromatic heterocycles. The molecule has 2 rings (SSSR count). The van der Waals surface area contributed by atoms with Gasteiger partial charge >= 0.3 is 0 Å². The third-order valence-corrected chi connectivity index (χ3v) is 3.81. The average Bonchev–Trinajstić information content (AvgIpc) is 2.41. The standard InChI is InChI=1S/C15H26N4/c1-4-13-10-19(11-15-16-6-5-7-17-15)14(9-18-13)8-12(2)3/h5-7,12-14,18H,4,8-11H2,1-3H3. The summed E-state index contributed by atoms with van der Waals surface area (Å²) in [6, 6.07) is 3.08. The molecular weight excluding hydrogens is 236 g/mol. The van der Waals surface area contributed by atoms with Crippen molar-refractivity contribution < 1.29 is 0 Å². The number of hydrogen-bond acceptors (Lipinski definition) is 4. The highest BCUT2D eigenvalue weighted by atomic mass is 15.2. The zero-order chi connectivity index (χ0) is 13.7. The van der Waals surface area contributed by atoms with Crippen molar-refractivity contribution in [3.63, 3.8) is 0 Å². The minimum absolute atomic E-state index is 0.603. The normalized spacial score (nSPS) is 24.8. The molecule has 0 bridgehead atoms. The minimum atomic E-state index is 0.603. The van der Waals surface area contributed by atoms with Crippen LogP contribution in [0.1, 0.15) is 39.4 Å². The molecule has 1 fully saturated rings. The summed E-state index contributed by atoms with van der Waals surface area (Å²) < 4.78 is 0. The van der Waals surface area contributed by atoms with Gasteiger partial charge in [-0.2, -0.15) is 0 Å². The lowest BCUT2D eigenvalue weighted by molar-refractivity contribution is 0.102. The molecule has 1 saturated heterocycles. The molecule has 2 heterocycles. The summed E-state index contributed by atoms with van der Waals surface area (Å²) in [4.78, 5) is 11.3. The highest BCUT2D eigenvalue weighted by molar-refractivity contribution is 4.93. The van der Waals surface area contributed by atoms with Crippen molar-refractivity contribution in [3.8, 4) is 0 Å². The van der Waals surface area contributed by atoms with Gasteiger partial charge in [0, 0.05) is 37.6 Å². The monoisotopic (exact) mass is 262 g/mol. The van der Waals surface area contributed by atoms with E-state index in [0.717, 1.165) is 31.4 Å². The van der Waals surface area contributed by atoms with Crippen LogP contribution in [0, 0.1) is 5.92 Å². The van der Waals surface area contributed by atoms with Crippen molar-refractivity contribution in [1.82, 2.24) is 20.2 Å². The Morgan fingerprint density at radius 3 is 2.74 bits per heavy atom. The lowest BCUT2D eigenvalue weighted by Crippen LogP contribution is -2.56. The van der Waals surface area contributed by atoms with E-state index in [-0.39, 0.29) is 0 Å². The van der Waals surface area contributed by atoms with Crippen molar-refractivity contribution in [1.29, 1.82) is 0 Å². The number of hydrogen-bond donors (Lipinski definition) is 1. The lowest BCUT2D eigenvalue weighted by atomic mass is 9.98. The van der Waals surface area contributed by atoms with Crippen molar-refractivity contribution >= 4 is 0 Å². The highest BCUT2D eigenvalue weighted by Crippen LogP contribution is 2.18. The number of piperazine rings is 1. The Hall–Kier alpha value is -1.00. The molecule has 1 aliphatic rings. The molecule has 4 nitrogen and oxygen atoms in total. The van der Waals surface area contributed by atoms with Gasteiger partial charge in [-0.15, -0.1) is 0 Å². The van der Waals surface area contributed by atoms with Crippen LogP contribution in [0.5, 0.6) is 0 Å². The average molecular weight is 262 g/mol. The van der Waals surface area contributed by atoms with Gasteiger partial charge in [0.05, 0.1) is 6.54 Å². The zero-order valence-corrected chi connectivity index (χ0v) is 12.3. The molecule has 19 heavy (non-hydrogen) atoms. The molecule has 1 aliphatic heterocycles. The maximum atomic E-state index is 4.36. The molecule has 2 unspecified atom stereocenters. The molecule has 0 radical (unpaired) electrons. The number of rotatable bonds is 5. The van der Waals surface area contributed by atoms with E-state index in [1.54, 1.807) is 0 Å². The summed E-state index contributed by atoms with van der Waals surface area (Å²) in [5.74, 6) is 1.66. The minimum Gasteiger partial charge on any atom is -0.311 e. The summed E-state index contributed by atoms with van der Waals surface area (Å²) >= 11 is 0. The van der Waals surface area contributed by atoms with Crippen LogP contribution in [0.2, 0.25) is 0 Å². The molecule has 0 spiro atoms. The maximum Gasteiger partial charge on any atom is 0.142 e. The van der Waals surface area contributed by atoms with Crippen molar-refractivity contribution in [2.75, 3.05) is 13.1 Å². The smallest absolute Gasteiger partial charge is 0.142 e. The van der Waals surface area contributed by atoms with Gasteiger partial charge in [0.2, 0.25) is 0 Å². The molecule has 0 aliphatic carbocycles. The first kappa shape index (κ1) is 14.4. The van der Waals surface area contributed by atoms with E-state index in [9.17, 15) is 0 Å². The van der Waals surface area contributed by atoms with E-state index >= 15 is 0 Å². The van der Waals surface area contributed by atoms with Gasteiger partial charge in [-0.1, -0.05) is 20.8 Å². The van der Waals surface area contributed by atoms with Crippen LogP contribution in [-0.2, 0) is 6.54 Å². The van der Waals surface area contributed by atoms with Gasteiger partial charge in [0.25, 0.3) is 0 Å². The van der Waals surface area contributed by atoms with Crippen LogP contribution < -0.4 is 5.32 Å². The van der Waals surface area contributed by atoms with Gasteiger partial charge in [-0.3, -0.25) is 4.90 Å². The van der Waals surface area contributed by atoms with Crippen molar-refractivity contribution in [2.45, 2.75) is 52.2 Å². The van der Waals surface area contributed by atoms with Crippen LogP contribution in [0.3, 0.4) is 0 Å². The van der Waals surface area contributed by atoms with E-state index in [4.69, 9.17) is 0 Å². The molecule has 4 heteroatoms. The summed E-state index contributed by atoms with van der Waals surface area (Å²) in [6.07, 6.45) is 6.08. The van der Waals surface area contributed by atoms with Gasteiger partial charge < -0.3 is 5.32 Å². The zero-order valence-electron chi connectivity index (χ0n) is 12.3. The van der Waals surface area contributed by atoms with Crippen LogP contribution in [0.15, 0.2) is 18.5 Å². The van der Waals surface area contributed by atoms with E-state index in [1.165, 1.54) is 12.8 Å². The van der Waals surface area contributed by atoms with E-state index in [1.807, 2.05) is 18.5 Å². The summed E-state index contributed by atoms with van der Waals surface area (Å²) in [6.45, 7) is 9.90. The number of aromatic nitrogens is 2. The SMILES string of the molecule is CCC1CN(Cc2ncccn2)C(CC(C)C)CN1. The van der Waals surface area contributed by atoms with Crippen LogP contribution >= 0.6 is 0 Å². The first-order valence-corrected chi connectivity index (χ1v) is 7.42. The molecular formula is C15H26N4. The second kappa shape index (κ2) is 6.96. The number of nitrogens with zero attached hydrogens (tertiary/aromatic N) is 3. The quantitative estimate of drug-likeness (QED) is 0.882. The first-order valence-electron chi connectivity index (χ1n) is 7.42. The molecule has 1 N–H and O–H groups in total. The largest absolute Gasteiger partial charge is 0.311 e. The van der Waals surface area contributed by atoms with E-state index in [0.29, 0.717) is 12.1 Å². The topological polar surface area (TPSA) is 41.1 Å². The number of nitrogens with one attached hydrogen (secondary N) is 1. The molecule has 0 saturated carbocycles. The third-order valence-electron chi connectivity index (χ3n) is 3.81. The second-order valence-corrected chi connectivity index (χ2v) is 5.89. The maximum absolute atomic E-state index is 4.36. The van der Waals surface area contributed by atoms with Gasteiger partial charge in [-0.25, -0.2) is 9.97 Å². The molecule has 2 atom stereocenters. The Labute approximate surface area is 116 Å². The highest BCUT2D eigenvalue weighted by Gasteiger charge is 2.27.